The smallest absolute Gasteiger partial charge is 0.258 e. The lowest BCUT2D eigenvalue weighted by Crippen LogP contribution is -2.67. The number of carbonyl (C=O) groups is 2. The maximum atomic E-state index is 12.9. The molecule has 1 aromatic carbocycles. The minimum atomic E-state index is -0.703. The van der Waals surface area contributed by atoms with E-state index in [2.05, 4.69) is 15.5 Å². The van der Waals surface area contributed by atoms with Crippen LogP contribution in [0.15, 0.2) is 18.2 Å². The number of ether oxygens (including phenoxy) is 2. The molecule has 2 aliphatic heterocycles. The van der Waals surface area contributed by atoms with Gasteiger partial charge in [-0.25, -0.2) is 0 Å². The highest BCUT2D eigenvalue weighted by molar-refractivity contribution is 5.98. The second-order valence-electron chi connectivity index (χ2n) is 9.23. The van der Waals surface area contributed by atoms with E-state index in [1.165, 1.54) is 12.8 Å². The summed E-state index contributed by atoms with van der Waals surface area (Å²) in [5, 5.41) is 6.33. The van der Waals surface area contributed by atoms with Crippen LogP contribution in [0.25, 0.3) is 0 Å². The van der Waals surface area contributed by atoms with Crippen molar-refractivity contribution in [1.82, 2.24) is 15.5 Å². The van der Waals surface area contributed by atoms with E-state index in [-0.39, 0.29) is 29.6 Å². The number of nitrogens with one attached hydrogen (secondary N) is 2. The van der Waals surface area contributed by atoms with Crippen LogP contribution in [0.2, 0.25) is 0 Å². The van der Waals surface area contributed by atoms with Crippen molar-refractivity contribution >= 4 is 11.8 Å². The number of likely N-dealkylation sites (tertiary alicyclic amines) is 1. The quantitative estimate of drug-likeness (QED) is 0.773. The zero-order valence-electron chi connectivity index (χ0n) is 17.6. The van der Waals surface area contributed by atoms with Crippen LogP contribution < -0.4 is 20.1 Å². The Bertz CT molecular complexity index is 838. The molecule has 2 bridgehead atoms. The van der Waals surface area contributed by atoms with E-state index < -0.39 is 5.72 Å². The van der Waals surface area contributed by atoms with Crippen LogP contribution in [0.4, 0.5) is 0 Å². The number of fused-ring (bicyclic) bond motifs is 3. The van der Waals surface area contributed by atoms with E-state index >= 15 is 0 Å². The van der Waals surface area contributed by atoms with Gasteiger partial charge in [0.1, 0.15) is 11.5 Å². The van der Waals surface area contributed by atoms with Gasteiger partial charge in [0.15, 0.2) is 5.72 Å². The number of nitrogens with zero attached hydrogens (tertiary/aromatic N) is 1. The van der Waals surface area contributed by atoms with Crippen molar-refractivity contribution in [2.75, 3.05) is 33.3 Å². The van der Waals surface area contributed by atoms with Crippen molar-refractivity contribution in [1.29, 1.82) is 0 Å². The Morgan fingerprint density at radius 2 is 2.17 bits per heavy atom. The Balaban J connectivity index is 1.26. The summed E-state index contributed by atoms with van der Waals surface area (Å²) in [6.45, 7) is 3.96. The fourth-order valence-corrected chi connectivity index (χ4v) is 5.91. The van der Waals surface area contributed by atoms with Crippen LogP contribution in [0.3, 0.4) is 0 Å². The minimum absolute atomic E-state index is 0.0140. The van der Waals surface area contributed by atoms with Crippen LogP contribution in [-0.2, 0) is 4.79 Å². The standard InChI is InChI=1S/C23H31N3O4/c1-29-17-6-7-18-20(13-17)30-23(25-22(18)28)14-15-4-5-16(23)12-19(15)21(27)24-8-11-26-9-2-3-10-26/h6-7,13,15-16,19H,2-5,8-12,14H2,1H3,(H,24,27)(H,25,28). The first kappa shape index (κ1) is 19.7. The van der Waals surface area contributed by atoms with E-state index in [9.17, 15) is 9.59 Å². The van der Waals surface area contributed by atoms with Gasteiger partial charge in [-0.05, 0) is 63.2 Å². The third kappa shape index (κ3) is 3.43. The monoisotopic (exact) mass is 413 g/mol. The number of rotatable bonds is 5. The van der Waals surface area contributed by atoms with E-state index in [1.807, 2.05) is 0 Å². The van der Waals surface area contributed by atoms with Gasteiger partial charge in [-0.1, -0.05) is 0 Å². The molecule has 2 amide bonds. The lowest BCUT2D eigenvalue weighted by molar-refractivity contribution is -0.146. The first-order valence-electron chi connectivity index (χ1n) is 11.3. The molecule has 162 valence electrons. The Kier molecular flexibility index (Phi) is 5.09. The van der Waals surface area contributed by atoms with Crippen molar-refractivity contribution in [2.45, 2.75) is 44.2 Å². The molecule has 4 fully saturated rings. The molecule has 1 saturated heterocycles. The van der Waals surface area contributed by atoms with Crippen molar-refractivity contribution < 1.29 is 19.1 Å². The molecule has 1 spiro atoms. The average molecular weight is 414 g/mol. The summed E-state index contributed by atoms with van der Waals surface area (Å²) in [5.74, 6) is 1.71. The van der Waals surface area contributed by atoms with Crippen LogP contribution in [0.1, 0.15) is 48.9 Å². The highest BCUT2D eigenvalue weighted by atomic mass is 16.5. The second kappa shape index (κ2) is 7.76. The van der Waals surface area contributed by atoms with Gasteiger partial charge in [0.25, 0.3) is 5.91 Å². The molecule has 2 heterocycles. The zero-order chi connectivity index (χ0) is 20.7. The van der Waals surface area contributed by atoms with Crippen LogP contribution in [0.5, 0.6) is 11.5 Å². The van der Waals surface area contributed by atoms with Gasteiger partial charge in [0.2, 0.25) is 5.91 Å². The summed E-state index contributed by atoms with van der Waals surface area (Å²) < 4.78 is 11.7. The van der Waals surface area contributed by atoms with Gasteiger partial charge in [-0.15, -0.1) is 0 Å². The summed E-state index contributed by atoms with van der Waals surface area (Å²) in [5.41, 5.74) is -0.162. The van der Waals surface area contributed by atoms with Crippen LogP contribution >= 0.6 is 0 Å². The Hall–Kier alpha value is -2.28. The molecule has 0 aromatic heterocycles. The first-order valence-corrected chi connectivity index (χ1v) is 11.3. The number of hydrogen-bond acceptors (Lipinski definition) is 5. The Morgan fingerprint density at radius 3 is 2.90 bits per heavy atom. The summed E-state index contributed by atoms with van der Waals surface area (Å²) in [7, 11) is 1.61. The summed E-state index contributed by atoms with van der Waals surface area (Å²) >= 11 is 0. The third-order valence-corrected chi connectivity index (χ3v) is 7.53. The molecule has 0 radical (unpaired) electrons. The van der Waals surface area contributed by atoms with Gasteiger partial charge < -0.3 is 25.0 Å². The van der Waals surface area contributed by atoms with Crippen LogP contribution in [-0.4, -0.2) is 55.7 Å². The molecule has 3 aliphatic carbocycles. The Labute approximate surface area is 177 Å². The number of methoxy groups -OCH3 is 1. The molecule has 6 rings (SSSR count). The number of benzene rings is 1. The molecule has 7 nitrogen and oxygen atoms in total. The molecule has 2 N–H and O–H groups in total. The second-order valence-corrected chi connectivity index (χ2v) is 9.23. The fourth-order valence-electron chi connectivity index (χ4n) is 5.91. The largest absolute Gasteiger partial charge is 0.497 e. The minimum Gasteiger partial charge on any atom is -0.497 e. The molecule has 3 saturated carbocycles. The van der Waals surface area contributed by atoms with Gasteiger partial charge in [0.05, 0.1) is 12.7 Å². The van der Waals surface area contributed by atoms with Crippen molar-refractivity contribution in [3.05, 3.63) is 23.8 Å². The molecular weight excluding hydrogens is 382 g/mol. The summed E-state index contributed by atoms with van der Waals surface area (Å²) in [4.78, 5) is 28.1. The van der Waals surface area contributed by atoms with Gasteiger partial charge in [0, 0.05) is 37.4 Å². The average Bonchev–Trinajstić information content (AvgIpc) is 3.27. The SMILES string of the molecule is COc1ccc2c(c1)OC1(CC3CCC1CC3C(=O)NCCN1CCCC1)NC2=O. The predicted molar refractivity (Wildman–Crippen MR) is 111 cm³/mol. The zero-order valence-corrected chi connectivity index (χ0v) is 17.6. The molecule has 30 heavy (non-hydrogen) atoms. The van der Waals surface area contributed by atoms with E-state index in [0.717, 1.165) is 45.4 Å². The maximum Gasteiger partial charge on any atom is 0.258 e. The molecule has 7 heteroatoms. The normalized spacial score (nSPS) is 32.4. The fraction of sp³-hybridized carbons (Fsp3) is 0.652. The number of hydrogen-bond donors (Lipinski definition) is 2. The van der Waals surface area contributed by atoms with Gasteiger partial charge in [-0.3, -0.25) is 9.59 Å². The summed E-state index contributed by atoms with van der Waals surface area (Å²) in [6, 6.07) is 5.31. The topological polar surface area (TPSA) is 79.9 Å². The maximum absolute atomic E-state index is 12.9. The van der Waals surface area contributed by atoms with E-state index in [1.54, 1.807) is 25.3 Å². The van der Waals surface area contributed by atoms with E-state index in [4.69, 9.17) is 9.47 Å². The molecule has 5 aliphatic rings. The van der Waals surface area contributed by atoms with Crippen LogP contribution in [0, 0.1) is 17.8 Å². The lowest BCUT2D eigenvalue weighted by atomic mass is 9.60. The van der Waals surface area contributed by atoms with E-state index in [0.29, 0.717) is 23.5 Å². The summed E-state index contributed by atoms with van der Waals surface area (Å²) in [6.07, 6.45) is 5.97. The molecular formula is C23H31N3O4. The van der Waals surface area contributed by atoms with Crippen molar-refractivity contribution in [3.8, 4) is 11.5 Å². The highest BCUT2D eigenvalue weighted by Crippen LogP contribution is 2.52. The van der Waals surface area contributed by atoms with Gasteiger partial charge in [-0.2, -0.15) is 0 Å². The lowest BCUT2D eigenvalue weighted by Gasteiger charge is -2.55. The first-order chi connectivity index (χ1) is 14.6. The number of carbonyl (C=O) groups excluding carboxylic acids is 2. The molecule has 1 aromatic rings. The van der Waals surface area contributed by atoms with Crippen molar-refractivity contribution in [2.24, 2.45) is 17.8 Å². The third-order valence-electron chi connectivity index (χ3n) is 7.53. The van der Waals surface area contributed by atoms with Gasteiger partial charge >= 0.3 is 0 Å². The van der Waals surface area contributed by atoms with Crippen molar-refractivity contribution in [3.63, 3.8) is 0 Å². The predicted octanol–water partition coefficient (Wildman–Crippen LogP) is 2.16. The Morgan fingerprint density at radius 1 is 1.33 bits per heavy atom. The molecule has 4 atom stereocenters. The highest BCUT2D eigenvalue weighted by Gasteiger charge is 2.57. The number of amides is 2. The molecule has 4 unspecified atom stereocenters.